The van der Waals surface area contributed by atoms with Crippen LogP contribution in [0.25, 0.3) is 11.3 Å². The van der Waals surface area contributed by atoms with E-state index >= 15 is 0 Å². The molecule has 106 valence electrons. The van der Waals surface area contributed by atoms with E-state index in [9.17, 15) is 4.79 Å². The minimum absolute atomic E-state index is 0.0286. The Balaban J connectivity index is 2.35. The first-order valence-corrected chi connectivity index (χ1v) is 6.72. The third-order valence-corrected chi connectivity index (χ3v) is 3.04. The molecule has 2 aromatic rings. The second kappa shape index (κ2) is 7.14. The van der Waals surface area contributed by atoms with Gasteiger partial charge in [0.2, 0.25) is 0 Å². The van der Waals surface area contributed by atoms with Crippen LogP contribution in [0.1, 0.15) is 5.56 Å². The number of nitrogens with one attached hydrogen (secondary N) is 2. The number of benzene rings is 1. The minimum Gasteiger partial charge on any atom is -0.394 e. The first-order chi connectivity index (χ1) is 9.72. The van der Waals surface area contributed by atoms with Gasteiger partial charge in [0.1, 0.15) is 0 Å². The zero-order valence-electron chi connectivity index (χ0n) is 10.9. The lowest BCUT2D eigenvalue weighted by Crippen LogP contribution is -2.18. The Bertz CT molecular complexity index is 664. The van der Waals surface area contributed by atoms with E-state index in [0.717, 1.165) is 5.56 Å². The molecule has 5 nitrogen and oxygen atoms in total. The molecule has 0 radical (unpaired) electrons. The summed E-state index contributed by atoms with van der Waals surface area (Å²) in [6, 6.07) is 9.55. The van der Waals surface area contributed by atoms with E-state index in [1.807, 2.05) is 30.3 Å². The summed E-state index contributed by atoms with van der Waals surface area (Å²) in [7, 11) is 0. The van der Waals surface area contributed by atoms with Crippen molar-refractivity contribution in [2.75, 3.05) is 19.8 Å². The zero-order valence-corrected chi connectivity index (χ0v) is 11.7. The molecule has 0 aliphatic rings. The molecule has 0 atom stereocenters. The van der Waals surface area contributed by atoms with Crippen LogP contribution in [-0.2, 0) is 11.2 Å². The summed E-state index contributed by atoms with van der Waals surface area (Å²) in [5.74, 6) is 0. The number of hydrogen-bond donors (Lipinski definition) is 3. The van der Waals surface area contributed by atoms with Crippen LogP contribution < -0.4 is 5.56 Å². The van der Waals surface area contributed by atoms with Gasteiger partial charge in [0.05, 0.1) is 25.5 Å². The molecule has 0 unspecified atom stereocenters. The summed E-state index contributed by atoms with van der Waals surface area (Å²) >= 11 is 5.03. The molecule has 0 aliphatic heterocycles. The van der Waals surface area contributed by atoms with Crippen LogP contribution in [0.4, 0.5) is 0 Å². The molecule has 0 saturated carbocycles. The highest BCUT2D eigenvalue weighted by Crippen LogP contribution is 2.18. The molecule has 1 aromatic heterocycles. The van der Waals surface area contributed by atoms with Crippen LogP contribution in [-0.4, -0.2) is 34.9 Å². The van der Waals surface area contributed by atoms with Crippen LogP contribution >= 0.6 is 12.2 Å². The predicted molar refractivity (Wildman–Crippen MR) is 79.3 cm³/mol. The van der Waals surface area contributed by atoms with Crippen LogP contribution in [0.5, 0.6) is 0 Å². The average Bonchev–Trinajstić information content (AvgIpc) is 2.46. The summed E-state index contributed by atoms with van der Waals surface area (Å²) < 4.78 is 5.52. The highest BCUT2D eigenvalue weighted by molar-refractivity contribution is 7.71. The SMILES string of the molecule is O=c1[nH]c(=S)[nH]c(-c2ccccc2)c1CCOCCO. The van der Waals surface area contributed by atoms with E-state index in [0.29, 0.717) is 29.1 Å². The fourth-order valence-electron chi connectivity index (χ4n) is 1.94. The van der Waals surface area contributed by atoms with Gasteiger partial charge in [-0.25, -0.2) is 0 Å². The van der Waals surface area contributed by atoms with Crippen molar-refractivity contribution in [3.8, 4) is 11.3 Å². The van der Waals surface area contributed by atoms with Gasteiger partial charge in [-0.3, -0.25) is 9.78 Å². The fourth-order valence-corrected chi connectivity index (χ4v) is 2.14. The lowest BCUT2D eigenvalue weighted by atomic mass is 10.1. The molecule has 1 heterocycles. The van der Waals surface area contributed by atoms with Crippen LogP contribution in [0.15, 0.2) is 35.1 Å². The van der Waals surface area contributed by atoms with Gasteiger partial charge >= 0.3 is 0 Å². The quantitative estimate of drug-likeness (QED) is 0.559. The number of aromatic amines is 2. The van der Waals surface area contributed by atoms with Gasteiger partial charge in [0, 0.05) is 12.0 Å². The Labute approximate surface area is 121 Å². The summed E-state index contributed by atoms with van der Waals surface area (Å²) in [4.78, 5) is 17.7. The molecule has 20 heavy (non-hydrogen) atoms. The number of aromatic nitrogens is 2. The van der Waals surface area contributed by atoms with Gasteiger partial charge < -0.3 is 14.8 Å². The standard InChI is InChI=1S/C14H16N2O3S/c17-7-9-19-8-6-11-12(10-4-2-1-3-5-10)15-14(20)16-13(11)18/h1-5,17H,6-9H2,(H2,15,16,18,20). The Hall–Kier alpha value is -1.76. The van der Waals surface area contributed by atoms with Crippen molar-refractivity contribution in [1.82, 2.24) is 9.97 Å². The van der Waals surface area contributed by atoms with Crippen LogP contribution in [0, 0.1) is 4.77 Å². The molecule has 0 saturated heterocycles. The van der Waals surface area contributed by atoms with Crippen molar-refractivity contribution < 1.29 is 9.84 Å². The number of hydrogen-bond acceptors (Lipinski definition) is 4. The lowest BCUT2D eigenvalue weighted by Gasteiger charge is -2.09. The number of rotatable bonds is 6. The maximum absolute atomic E-state index is 12.1. The Kier molecular flexibility index (Phi) is 5.23. The summed E-state index contributed by atoms with van der Waals surface area (Å²) in [5, 5.41) is 8.67. The molecule has 3 N–H and O–H groups in total. The van der Waals surface area contributed by atoms with E-state index in [-0.39, 0.29) is 18.8 Å². The Morgan fingerprint density at radius 2 is 1.90 bits per heavy atom. The van der Waals surface area contributed by atoms with E-state index < -0.39 is 0 Å². The second-order valence-electron chi connectivity index (χ2n) is 4.21. The van der Waals surface area contributed by atoms with E-state index in [4.69, 9.17) is 22.1 Å². The molecule has 6 heteroatoms. The van der Waals surface area contributed by atoms with Crippen molar-refractivity contribution in [2.45, 2.75) is 6.42 Å². The van der Waals surface area contributed by atoms with Gasteiger partial charge in [-0.15, -0.1) is 0 Å². The monoisotopic (exact) mass is 292 g/mol. The van der Waals surface area contributed by atoms with Gasteiger partial charge in [-0.05, 0) is 17.8 Å². The molecule has 0 amide bonds. The number of aliphatic hydroxyl groups excluding tert-OH is 1. The highest BCUT2D eigenvalue weighted by atomic mass is 32.1. The van der Waals surface area contributed by atoms with Gasteiger partial charge in [0.15, 0.2) is 4.77 Å². The molecular weight excluding hydrogens is 276 g/mol. The number of H-pyrrole nitrogens is 2. The maximum atomic E-state index is 12.1. The van der Waals surface area contributed by atoms with Gasteiger partial charge in [0.25, 0.3) is 5.56 Å². The zero-order chi connectivity index (χ0) is 14.4. The summed E-state index contributed by atoms with van der Waals surface area (Å²) in [6.07, 6.45) is 0.450. The predicted octanol–water partition coefficient (Wildman–Crippen LogP) is 1.65. The first kappa shape index (κ1) is 14.6. The molecule has 0 spiro atoms. The van der Waals surface area contributed by atoms with E-state index in [1.54, 1.807) is 0 Å². The molecule has 0 bridgehead atoms. The molecule has 2 rings (SSSR count). The largest absolute Gasteiger partial charge is 0.394 e. The van der Waals surface area contributed by atoms with Crippen molar-refractivity contribution in [3.63, 3.8) is 0 Å². The van der Waals surface area contributed by atoms with E-state index in [1.165, 1.54) is 0 Å². The lowest BCUT2D eigenvalue weighted by molar-refractivity contribution is 0.0943. The third-order valence-electron chi connectivity index (χ3n) is 2.84. The molecular formula is C14H16N2O3S. The van der Waals surface area contributed by atoms with Crippen molar-refractivity contribution in [3.05, 3.63) is 51.0 Å². The van der Waals surface area contributed by atoms with Crippen molar-refractivity contribution in [2.24, 2.45) is 0 Å². The molecule has 0 aliphatic carbocycles. The second-order valence-corrected chi connectivity index (χ2v) is 4.62. The smallest absolute Gasteiger partial charge is 0.255 e. The van der Waals surface area contributed by atoms with Crippen LogP contribution in [0.3, 0.4) is 0 Å². The molecule has 1 aromatic carbocycles. The summed E-state index contributed by atoms with van der Waals surface area (Å²) in [5.41, 5.74) is 2.01. The third kappa shape index (κ3) is 3.63. The summed E-state index contributed by atoms with van der Waals surface area (Å²) in [6.45, 7) is 0.606. The maximum Gasteiger partial charge on any atom is 0.255 e. The van der Waals surface area contributed by atoms with Gasteiger partial charge in [-0.2, -0.15) is 0 Å². The minimum atomic E-state index is -0.208. The normalized spacial score (nSPS) is 10.7. The Morgan fingerprint density at radius 3 is 2.60 bits per heavy atom. The topological polar surface area (TPSA) is 78.1 Å². The van der Waals surface area contributed by atoms with Crippen molar-refractivity contribution in [1.29, 1.82) is 0 Å². The first-order valence-electron chi connectivity index (χ1n) is 6.32. The van der Waals surface area contributed by atoms with Crippen LogP contribution in [0.2, 0.25) is 0 Å². The molecule has 0 fully saturated rings. The highest BCUT2D eigenvalue weighted by Gasteiger charge is 2.10. The van der Waals surface area contributed by atoms with Gasteiger partial charge in [-0.1, -0.05) is 30.3 Å². The Morgan fingerprint density at radius 1 is 1.15 bits per heavy atom. The fraction of sp³-hybridized carbons (Fsp3) is 0.286. The number of aliphatic hydroxyl groups is 1. The average molecular weight is 292 g/mol. The number of ether oxygens (including phenoxy) is 1. The van der Waals surface area contributed by atoms with E-state index in [2.05, 4.69) is 9.97 Å². The van der Waals surface area contributed by atoms with Crippen molar-refractivity contribution >= 4 is 12.2 Å².